The van der Waals surface area contributed by atoms with Crippen LogP contribution in [0.2, 0.25) is 0 Å². The molecule has 2 aliphatic carbocycles. The largest absolute Gasteiger partial charge is 0.378 e. The van der Waals surface area contributed by atoms with Gasteiger partial charge in [0, 0.05) is 16.5 Å². The molecular formula is C26H28O2. The van der Waals surface area contributed by atoms with Gasteiger partial charge in [-0.25, -0.2) is 0 Å². The molecule has 0 spiro atoms. The quantitative estimate of drug-likeness (QED) is 0.644. The van der Waals surface area contributed by atoms with Gasteiger partial charge >= 0.3 is 0 Å². The van der Waals surface area contributed by atoms with E-state index < -0.39 is 11.2 Å². The average molecular weight is 373 g/mol. The van der Waals surface area contributed by atoms with E-state index in [0.29, 0.717) is 0 Å². The SMILES string of the molecule is OC1(C#Cc2cccc3cccc(C#CC4(O)CCCCC4)c23)CCCCC1. The topological polar surface area (TPSA) is 40.5 Å². The molecule has 2 heteroatoms. The summed E-state index contributed by atoms with van der Waals surface area (Å²) in [7, 11) is 0. The zero-order valence-corrected chi connectivity index (χ0v) is 16.4. The lowest BCUT2D eigenvalue weighted by molar-refractivity contribution is 0.0606. The Kier molecular flexibility index (Phi) is 5.45. The van der Waals surface area contributed by atoms with Crippen molar-refractivity contribution in [2.45, 2.75) is 75.4 Å². The second-order valence-corrected chi connectivity index (χ2v) is 8.39. The van der Waals surface area contributed by atoms with Gasteiger partial charge in [-0.15, -0.1) is 0 Å². The zero-order valence-electron chi connectivity index (χ0n) is 16.4. The van der Waals surface area contributed by atoms with E-state index in [4.69, 9.17) is 0 Å². The van der Waals surface area contributed by atoms with E-state index in [9.17, 15) is 10.2 Å². The van der Waals surface area contributed by atoms with Crippen LogP contribution in [-0.2, 0) is 0 Å². The average Bonchev–Trinajstić information content (AvgIpc) is 2.72. The third kappa shape index (κ3) is 4.25. The summed E-state index contributed by atoms with van der Waals surface area (Å²) in [5, 5.41) is 23.6. The van der Waals surface area contributed by atoms with Crippen molar-refractivity contribution in [2.24, 2.45) is 0 Å². The Morgan fingerprint density at radius 3 is 1.46 bits per heavy atom. The molecule has 2 fully saturated rings. The van der Waals surface area contributed by atoms with Crippen molar-refractivity contribution in [3.8, 4) is 23.7 Å². The molecule has 144 valence electrons. The van der Waals surface area contributed by atoms with E-state index in [1.165, 1.54) is 12.8 Å². The molecule has 2 N–H and O–H groups in total. The van der Waals surface area contributed by atoms with E-state index in [1.54, 1.807) is 0 Å². The van der Waals surface area contributed by atoms with Crippen LogP contribution in [0, 0.1) is 23.7 Å². The van der Waals surface area contributed by atoms with Crippen molar-refractivity contribution < 1.29 is 10.2 Å². The van der Waals surface area contributed by atoms with Gasteiger partial charge in [-0.2, -0.15) is 0 Å². The first-order valence-corrected chi connectivity index (χ1v) is 10.6. The Balaban J connectivity index is 1.73. The van der Waals surface area contributed by atoms with Gasteiger partial charge in [-0.3, -0.25) is 0 Å². The summed E-state index contributed by atoms with van der Waals surface area (Å²) in [4.78, 5) is 0. The minimum Gasteiger partial charge on any atom is -0.378 e. The first kappa shape index (κ1) is 19.1. The molecule has 0 radical (unpaired) electrons. The van der Waals surface area contributed by atoms with Gasteiger partial charge in [-0.05, 0) is 68.9 Å². The molecule has 2 aliphatic rings. The summed E-state index contributed by atoms with van der Waals surface area (Å²) < 4.78 is 0. The summed E-state index contributed by atoms with van der Waals surface area (Å²) in [6.07, 6.45) is 9.53. The third-order valence-corrected chi connectivity index (χ3v) is 6.13. The van der Waals surface area contributed by atoms with Crippen LogP contribution in [0.1, 0.15) is 75.3 Å². The van der Waals surface area contributed by atoms with Crippen molar-refractivity contribution in [1.29, 1.82) is 0 Å². The highest BCUT2D eigenvalue weighted by Crippen LogP contribution is 2.29. The summed E-state index contributed by atoms with van der Waals surface area (Å²) in [6, 6.07) is 12.1. The van der Waals surface area contributed by atoms with Crippen molar-refractivity contribution in [1.82, 2.24) is 0 Å². The molecule has 0 unspecified atom stereocenters. The van der Waals surface area contributed by atoms with Gasteiger partial charge in [0.05, 0.1) is 0 Å². The Morgan fingerprint density at radius 2 is 1.04 bits per heavy atom. The summed E-state index contributed by atoms with van der Waals surface area (Å²) >= 11 is 0. The first-order valence-electron chi connectivity index (χ1n) is 10.6. The standard InChI is InChI=1S/C26H28O2/c27-25(15-3-1-4-16-25)19-13-22-11-7-9-21-10-8-12-23(24(21)22)14-20-26(28)17-5-2-6-18-26/h7-12,27-28H,1-6,15-18H2. The Hall–Kier alpha value is -2.26. The summed E-state index contributed by atoms with van der Waals surface area (Å²) in [5.41, 5.74) is 0.0744. The Morgan fingerprint density at radius 1 is 0.607 bits per heavy atom. The molecule has 0 atom stereocenters. The molecule has 0 amide bonds. The molecule has 0 aromatic heterocycles. The number of hydrogen-bond acceptors (Lipinski definition) is 2. The normalized spacial score (nSPS) is 20.5. The highest BCUT2D eigenvalue weighted by molar-refractivity contribution is 5.93. The fraction of sp³-hybridized carbons (Fsp3) is 0.462. The van der Waals surface area contributed by atoms with Crippen LogP contribution in [-0.4, -0.2) is 21.4 Å². The predicted molar refractivity (Wildman–Crippen MR) is 114 cm³/mol. The van der Waals surface area contributed by atoms with Crippen LogP contribution in [0.5, 0.6) is 0 Å². The van der Waals surface area contributed by atoms with E-state index in [1.807, 2.05) is 24.3 Å². The van der Waals surface area contributed by atoms with Gasteiger partial charge in [0.25, 0.3) is 0 Å². The second kappa shape index (κ2) is 8.00. The van der Waals surface area contributed by atoms with Crippen molar-refractivity contribution in [3.05, 3.63) is 47.5 Å². The lowest BCUT2D eigenvalue weighted by Crippen LogP contribution is -2.29. The van der Waals surface area contributed by atoms with Crippen molar-refractivity contribution >= 4 is 10.8 Å². The van der Waals surface area contributed by atoms with Gasteiger partial charge in [0.15, 0.2) is 0 Å². The smallest absolute Gasteiger partial charge is 0.125 e. The molecule has 2 nitrogen and oxygen atoms in total. The van der Waals surface area contributed by atoms with Gasteiger partial charge in [0.2, 0.25) is 0 Å². The molecule has 0 aliphatic heterocycles. The van der Waals surface area contributed by atoms with E-state index >= 15 is 0 Å². The number of benzene rings is 2. The maximum atomic E-state index is 10.7. The van der Waals surface area contributed by atoms with E-state index in [-0.39, 0.29) is 0 Å². The van der Waals surface area contributed by atoms with Crippen LogP contribution in [0.4, 0.5) is 0 Å². The maximum absolute atomic E-state index is 10.7. The Labute approximate surface area is 168 Å². The molecule has 0 saturated heterocycles. The van der Waals surface area contributed by atoms with Gasteiger partial charge in [0.1, 0.15) is 11.2 Å². The number of hydrogen-bond donors (Lipinski definition) is 2. The van der Waals surface area contributed by atoms with Gasteiger partial charge in [-0.1, -0.05) is 60.8 Å². The molecule has 0 bridgehead atoms. The highest BCUT2D eigenvalue weighted by Gasteiger charge is 2.27. The number of aliphatic hydroxyl groups is 2. The Bertz CT molecular complexity index is 891. The zero-order chi connectivity index (χ0) is 19.5. The summed E-state index contributed by atoms with van der Waals surface area (Å²) in [6.45, 7) is 0. The monoisotopic (exact) mass is 372 g/mol. The molecule has 28 heavy (non-hydrogen) atoms. The van der Waals surface area contributed by atoms with Crippen LogP contribution < -0.4 is 0 Å². The highest BCUT2D eigenvalue weighted by atomic mass is 16.3. The van der Waals surface area contributed by atoms with Gasteiger partial charge < -0.3 is 10.2 Å². The summed E-state index contributed by atoms with van der Waals surface area (Å²) in [5.74, 6) is 12.8. The van der Waals surface area contributed by atoms with E-state index in [2.05, 4.69) is 35.8 Å². The third-order valence-electron chi connectivity index (χ3n) is 6.13. The van der Waals surface area contributed by atoms with E-state index in [0.717, 1.165) is 73.3 Å². The minimum absolute atomic E-state index is 0.754. The lowest BCUT2D eigenvalue weighted by Gasteiger charge is -2.26. The van der Waals surface area contributed by atoms with Crippen molar-refractivity contribution in [2.75, 3.05) is 0 Å². The minimum atomic E-state index is -0.863. The second-order valence-electron chi connectivity index (χ2n) is 8.39. The number of rotatable bonds is 0. The lowest BCUT2D eigenvalue weighted by atomic mass is 9.85. The fourth-order valence-corrected chi connectivity index (χ4v) is 4.44. The van der Waals surface area contributed by atoms with Crippen LogP contribution >= 0.6 is 0 Å². The molecule has 4 rings (SSSR count). The first-order chi connectivity index (χ1) is 13.6. The van der Waals surface area contributed by atoms with Crippen LogP contribution in [0.15, 0.2) is 36.4 Å². The molecule has 2 aromatic carbocycles. The molecule has 2 saturated carbocycles. The van der Waals surface area contributed by atoms with Crippen LogP contribution in [0.3, 0.4) is 0 Å². The van der Waals surface area contributed by atoms with Crippen molar-refractivity contribution in [3.63, 3.8) is 0 Å². The maximum Gasteiger partial charge on any atom is 0.125 e. The molecular weight excluding hydrogens is 344 g/mol. The molecule has 2 aromatic rings. The fourth-order valence-electron chi connectivity index (χ4n) is 4.44. The number of fused-ring (bicyclic) bond motifs is 1. The van der Waals surface area contributed by atoms with Crippen LogP contribution in [0.25, 0.3) is 10.8 Å². The molecule has 0 heterocycles. The predicted octanol–water partition coefficient (Wildman–Crippen LogP) is 4.93.